The van der Waals surface area contributed by atoms with Crippen LogP contribution in [0.25, 0.3) is 61.2 Å². The fourth-order valence-corrected chi connectivity index (χ4v) is 5.93. The molecule has 0 atom stereocenters. The minimum absolute atomic E-state index is 0.462. The van der Waals surface area contributed by atoms with Crippen LogP contribution in [0.1, 0.15) is 16.7 Å². The number of aromatic nitrogens is 2. The van der Waals surface area contributed by atoms with Gasteiger partial charge in [0, 0.05) is 16.8 Å². The molecule has 0 amide bonds. The smallest absolute Gasteiger partial charge is 0.149 e. The quantitative estimate of drug-likeness (QED) is 0.235. The van der Waals surface area contributed by atoms with Crippen LogP contribution in [-0.2, 0) is 0 Å². The van der Waals surface area contributed by atoms with E-state index in [0.717, 1.165) is 56.1 Å². The van der Waals surface area contributed by atoms with Gasteiger partial charge in [0.05, 0.1) is 22.3 Å². The number of hydrogen-bond acceptors (Lipinski definition) is 2. The molecule has 0 fully saturated rings. The molecule has 5 heteroatoms. The van der Waals surface area contributed by atoms with Crippen LogP contribution in [0.5, 0.6) is 0 Å². The largest absolute Gasteiger partial charge is 0.455 e. The first-order valence-electron chi connectivity index (χ1n) is 12.9. The summed E-state index contributed by atoms with van der Waals surface area (Å²) < 4.78 is 37.0. The molecule has 0 bridgehead atoms. The summed E-state index contributed by atoms with van der Waals surface area (Å²) >= 11 is 0. The maximum atomic E-state index is 14.2. The molecule has 0 aliphatic rings. The van der Waals surface area contributed by atoms with Crippen molar-refractivity contribution < 1.29 is 13.2 Å². The number of imidazole rings is 1. The number of nitrogens with zero attached hydrogens (tertiary/aromatic N) is 2. The maximum Gasteiger partial charge on any atom is 0.149 e. The van der Waals surface area contributed by atoms with Crippen molar-refractivity contribution in [2.45, 2.75) is 20.8 Å². The zero-order chi connectivity index (χ0) is 26.8. The van der Waals surface area contributed by atoms with E-state index < -0.39 is 11.6 Å². The predicted octanol–water partition coefficient (Wildman–Crippen LogP) is 9.46. The average molecular weight is 515 g/mol. The molecule has 2 heterocycles. The third-order valence-electron chi connectivity index (χ3n) is 7.36. The number of fused-ring (bicyclic) bond motifs is 4. The van der Waals surface area contributed by atoms with Crippen molar-refractivity contribution in [3.05, 3.63) is 119 Å². The summed E-state index contributed by atoms with van der Waals surface area (Å²) in [5, 5.41) is 1.67. The predicted molar refractivity (Wildman–Crippen MR) is 153 cm³/mol. The van der Waals surface area contributed by atoms with E-state index in [4.69, 9.17) is 9.40 Å². The summed E-state index contributed by atoms with van der Waals surface area (Å²) in [6, 6.07) is 27.7. The maximum absolute atomic E-state index is 14.2. The fraction of sp³-hybridized carbons (Fsp3) is 0.0882. The van der Waals surface area contributed by atoms with Crippen LogP contribution >= 0.6 is 0 Å². The molecule has 0 N–H and O–H groups in total. The Morgan fingerprint density at radius 1 is 0.718 bits per heavy atom. The number of furan rings is 1. The molecule has 0 radical (unpaired) electrons. The minimum Gasteiger partial charge on any atom is -0.455 e. The molecule has 0 spiro atoms. The molecule has 2 aromatic heterocycles. The molecule has 39 heavy (non-hydrogen) atoms. The van der Waals surface area contributed by atoms with Crippen molar-refractivity contribution >= 4 is 33.0 Å². The highest BCUT2D eigenvalue weighted by molar-refractivity contribution is 6.15. The van der Waals surface area contributed by atoms with E-state index in [9.17, 15) is 8.78 Å². The molecule has 3 nitrogen and oxygen atoms in total. The Labute approximate surface area is 224 Å². The summed E-state index contributed by atoms with van der Waals surface area (Å²) in [6.07, 6.45) is 0. The molecule has 0 aliphatic heterocycles. The third kappa shape index (κ3) is 3.65. The zero-order valence-corrected chi connectivity index (χ0v) is 21.7. The highest BCUT2D eigenvalue weighted by Crippen LogP contribution is 2.42. The number of benzene rings is 5. The first-order valence-corrected chi connectivity index (χ1v) is 12.9. The topological polar surface area (TPSA) is 31.0 Å². The molecule has 5 aromatic carbocycles. The van der Waals surface area contributed by atoms with Crippen LogP contribution in [-0.4, -0.2) is 9.55 Å². The number of halogens is 2. The van der Waals surface area contributed by atoms with Crippen molar-refractivity contribution in [2.24, 2.45) is 0 Å². The van der Waals surface area contributed by atoms with Gasteiger partial charge in [0.15, 0.2) is 0 Å². The van der Waals surface area contributed by atoms with E-state index in [-0.39, 0.29) is 0 Å². The summed E-state index contributed by atoms with van der Waals surface area (Å²) in [5.41, 5.74) is 9.84. The van der Waals surface area contributed by atoms with Crippen LogP contribution in [0.4, 0.5) is 8.78 Å². The Balaban J connectivity index is 1.56. The van der Waals surface area contributed by atoms with Crippen LogP contribution in [0.3, 0.4) is 0 Å². The van der Waals surface area contributed by atoms with Crippen molar-refractivity contribution in [2.75, 3.05) is 0 Å². The normalized spacial score (nSPS) is 11.7. The first-order chi connectivity index (χ1) is 18.9. The Kier molecular flexibility index (Phi) is 5.17. The molecule has 190 valence electrons. The van der Waals surface area contributed by atoms with Gasteiger partial charge in [-0.05, 0) is 79.4 Å². The van der Waals surface area contributed by atoms with E-state index in [2.05, 4.69) is 43.5 Å². The van der Waals surface area contributed by atoms with Gasteiger partial charge in [-0.1, -0.05) is 54.1 Å². The van der Waals surface area contributed by atoms with Gasteiger partial charge in [-0.3, -0.25) is 4.57 Å². The van der Waals surface area contributed by atoms with E-state index in [1.807, 2.05) is 54.6 Å². The Bertz CT molecular complexity index is 2040. The second kappa shape index (κ2) is 8.63. The standard InChI is InChI=1S/C34H24F2N2O/c1-19-14-20(2)32(21(3)15-19)38-29-12-5-4-11-28(29)37-34(38)27-10-6-9-26-31-25(8-7-13-30(31)39-33(26)27)22-16-23(35)18-24(36)17-22/h4-18H,1-3H3. The van der Waals surface area contributed by atoms with Gasteiger partial charge in [0.1, 0.15) is 28.6 Å². The van der Waals surface area contributed by atoms with Gasteiger partial charge in [0.25, 0.3) is 0 Å². The number of hydrogen-bond donors (Lipinski definition) is 0. The highest BCUT2D eigenvalue weighted by atomic mass is 19.1. The lowest BCUT2D eigenvalue weighted by atomic mass is 9.98. The van der Waals surface area contributed by atoms with E-state index in [0.29, 0.717) is 22.3 Å². The zero-order valence-electron chi connectivity index (χ0n) is 21.7. The summed E-state index contributed by atoms with van der Waals surface area (Å²) in [4.78, 5) is 5.09. The molecule has 7 rings (SSSR count). The lowest BCUT2D eigenvalue weighted by Gasteiger charge is -2.16. The lowest BCUT2D eigenvalue weighted by molar-refractivity contribution is 0.584. The number of aryl methyl sites for hydroxylation is 3. The van der Waals surface area contributed by atoms with Gasteiger partial charge < -0.3 is 4.42 Å². The lowest BCUT2D eigenvalue weighted by Crippen LogP contribution is -2.03. The summed E-state index contributed by atoms with van der Waals surface area (Å²) in [6.45, 7) is 6.36. The van der Waals surface area contributed by atoms with E-state index >= 15 is 0 Å². The van der Waals surface area contributed by atoms with Gasteiger partial charge in [0.2, 0.25) is 0 Å². The SMILES string of the molecule is Cc1cc(C)c(-n2c(-c3cccc4c3oc3cccc(-c5cc(F)cc(F)c5)c34)nc3ccccc32)c(C)c1. The van der Waals surface area contributed by atoms with Crippen molar-refractivity contribution in [1.82, 2.24) is 9.55 Å². The molecule has 0 unspecified atom stereocenters. The molecule has 0 aliphatic carbocycles. The Morgan fingerprint density at radius 3 is 2.18 bits per heavy atom. The van der Waals surface area contributed by atoms with E-state index in [1.165, 1.54) is 17.7 Å². The molecular weight excluding hydrogens is 490 g/mol. The Morgan fingerprint density at radius 2 is 1.41 bits per heavy atom. The van der Waals surface area contributed by atoms with E-state index in [1.54, 1.807) is 0 Å². The molecular formula is C34H24F2N2O. The second-order valence-electron chi connectivity index (χ2n) is 10.1. The third-order valence-corrected chi connectivity index (χ3v) is 7.36. The fourth-order valence-electron chi connectivity index (χ4n) is 5.93. The van der Waals surface area contributed by atoms with Crippen LogP contribution in [0, 0.1) is 32.4 Å². The van der Waals surface area contributed by atoms with Gasteiger partial charge in [-0.15, -0.1) is 0 Å². The highest BCUT2D eigenvalue weighted by Gasteiger charge is 2.22. The van der Waals surface area contributed by atoms with Crippen molar-refractivity contribution in [1.29, 1.82) is 0 Å². The molecule has 7 aromatic rings. The Hall–Kier alpha value is -4.77. The number of para-hydroxylation sites is 3. The minimum atomic E-state index is -0.618. The van der Waals surface area contributed by atoms with Crippen molar-refractivity contribution in [3.63, 3.8) is 0 Å². The van der Waals surface area contributed by atoms with Crippen molar-refractivity contribution in [3.8, 4) is 28.2 Å². The molecule has 0 saturated heterocycles. The first kappa shape index (κ1) is 23.4. The van der Waals surface area contributed by atoms with Gasteiger partial charge in [-0.2, -0.15) is 0 Å². The van der Waals surface area contributed by atoms with Crippen LogP contribution in [0.2, 0.25) is 0 Å². The summed E-state index contributed by atoms with van der Waals surface area (Å²) in [5.74, 6) is -0.463. The average Bonchev–Trinajstić information content (AvgIpc) is 3.46. The monoisotopic (exact) mass is 514 g/mol. The second-order valence-corrected chi connectivity index (χ2v) is 10.1. The van der Waals surface area contributed by atoms with Crippen LogP contribution < -0.4 is 0 Å². The van der Waals surface area contributed by atoms with Gasteiger partial charge in [-0.25, -0.2) is 13.8 Å². The number of rotatable bonds is 3. The van der Waals surface area contributed by atoms with Crippen LogP contribution in [0.15, 0.2) is 95.4 Å². The molecule has 0 saturated carbocycles. The van der Waals surface area contributed by atoms with Gasteiger partial charge >= 0.3 is 0 Å². The summed E-state index contributed by atoms with van der Waals surface area (Å²) in [7, 11) is 0.